The second kappa shape index (κ2) is 4.89. The van der Waals surface area contributed by atoms with E-state index >= 15 is 0 Å². The fraction of sp³-hybridized carbons (Fsp3) is 0.632. The highest BCUT2D eigenvalue weighted by Gasteiger charge is 2.62. The quantitative estimate of drug-likeness (QED) is 0.842. The van der Waals surface area contributed by atoms with E-state index in [0.717, 1.165) is 30.9 Å². The van der Waals surface area contributed by atoms with E-state index in [0.29, 0.717) is 30.1 Å². The lowest BCUT2D eigenvalue weighted by molar-refractivity contribution is -0.132. The van der Waals surface area contributed by atoms with E-state index in [-0.39, 0.29) is 5.54 Å². The van der Waals surface area contributed by atoms with Gasteiger partial charge in [0.05, 0.1) is 19.8 Å². The van der Waals surface area contributed by atoms with Crippen LogP contribution in [0.3, 0.4) is 0 Å². The van der Waals surface area contributed by atoms with Crippen molar-refractivity contribution in [3.8, 4) is 11.5 Å². The average molecular weight is 315 g/mol. The van der Waals surface area contributed by atoms with Crippen molar-refractivity contribution >= 4 is 5.91 Å². The lowest BCUT2D eigenvalue weighted by Crippen LogP contribution is -2.49. The zero-order valence-electron chi connectivity index (χ0n) is 14.4. The van der Waals surface area contributed by atoms with Crippen molar-refractivity contribution in [3.63, 3.8) is 0 Å². The fourth-order valence-corrected chi connectivity index (χ4v) is 5.39. The third kappa shape index (κ3) is 1.75. The second-order valence-corrected chi connectivity index (χ2v) is 7.44. The zero-order chi connectivity index (χ0) is 16.4. The monoisotopic (exact) mass is 315 g/mol. The number of hydrogen-bond donors (Lipinski definition) is 0. The van der Waals surface area contributed by atoms with Gasteiger partial charge in [-0.05, 0) is 53.9 Å². The van der Waals surface area contributed by atoms with Crippen molar-refractivity contribution in [1.82, 2.24) is 4.90 Å². The third-order valence-electron chi connectivity index (χ3n) is 6.64. The van der Waals surface area contributed by atoms with Crippen LogP contribution in [0.5, 0.6) is 11.5 Å². The number of nitrogens with zero attached hydrogens (tertiary/aromatic N) is 1. The highest BCUT2D eigenvalue weighted by atomic mass is 16.5. The molecule has 1 spiro atoms. The van der Waals surface area contributed by atoms with Gasteiger partial charge in [0, 0.05) is 13.0 Å². The molecule has 1 saturated heterocycles. The Morgan fingerprint density at radius 1 is 1.17 bits per heavy atom. The molecule has 124 valence electrons. The number of carbonyl (C=O) groups excluding carboxylic acids is 1. The van der Waals surface area contributed by atoms with Gasteiger partial charge in [0.2, 0.25) is 5.91 Å². The first-order valence-electron chi connectivity index (χ1n) is 8.58. The summed E-state index contributed by atoms with van der Waals surface area (Å²) < 4.78 is 11.0. The number of carbonyl (C=O) groups is 1. The molecule has 4 nitrogen and oxygen atoms in total. The molecule has 2 heterocycles. The van der Waals surface area contributed by atoms with Gasteiger partial charge in [0.1, 0.15) is 0 Å². The standard InChI is InChI=1S/C19H25NO3/c1-11-10-19-14(12(11)2)9-18(21)20(19)6-5-13-7-16(22-3)17(23-4)8-15(13)19/h7-8,11-12,14H,5-6,9-10H2,1-4H3. The Hall–Kier alpha value is -1.71. The van der Waals surface area contributed by atoms with E-state index in [4.69, 9.17) is 9.47 Å². The number of amides is 1. The average Bonchev–Trinajstić information content (AvgIpc) is 2.97. The summed E-state index contributed by atoms with van der Waals surface area (Å²) >= 11 is 0. The molecule has 1 aromatic rings. The van der Waals surface area contributed by atoms with Crippen molar-refractivity contribution in [2.24, 2.45) is 17.8 Å². The molecule has 1 aromatic carbocycles. The molecule has 0 N–H and O–H groups in total. The van der Waals surface area contributed by atoms with Crippen LogP contribution in [0, 0.1) is 17.8 Å². The topological polar surface area (TPSA) is 38.8 Å². The first kappa shape index (κ1) is 14.9. The van der Waals surface area contributed by atoms with Crippen LogP contribution >= 0.6 is 0 Å². The summed E-state index contributed by atoms with van der Waals surface area (Å²) in [4.78, 5) is 14.8. The van der Waals surface area contributed by atoms with Crippen LogP contribution in [0.25, 0.3) is 0 Å². The minimum absolute atomic E-state index is 0.122. The molecule has 1 saturated carbocycles. The van der Waals surface area contributed by atoms with Gasteiger partial charge < -0.3 is 14.4 Å². The molecule has 2 fully saturated rings. The molecule has 0 aromatic heterocycles. The van der Waals surface area contributed by atoms with Crippen LogP contribution in [0.4, 0.5) is 0 Å². The maximum Gasteiger partial charge on any atom is 0.223 e. The van der Waals surface area contributed by atoms with Gasteiger partial charge >= 0.3 is 0 Å². The number of hydrogen-bond acceptors (Lipinski definition) is 3. The first-order chi connectivity index (χ1) is 11.0. The molecule has 4 rings (SSSR count). The third-order valence-corrected chi connectivity index (χ3v) is 6.64. The van der Waals surface area contributed by atoms with Gasteiger partial charge in [-0.15, -0.1) is 0 Å². The molecule has 4 atom stereocenters. The van der Waals surface area contributed by atoms with Crippen molar-refractivity contribution in [1.29, 1.82) is 0 Å². The van der Waals surface area contributed by atoms with Crippen molar-refractivity contribution in [3.05, 3.63) is 23.3 Å². The molecule has 2 aliphatic heterocycles. The number of fused-ring (bicyclic) bond motifs is 1. The molecule has 3 aliphatic rings. The molecule has 4 unspecified atom stereocenters. The van der Waals surface area contributed by atoms with E-state index in [1.807, 2.05) is 0 Å². The van der Waals surface area contributed by atoms with Gasteiger partial charge in [-0.25, -0.2) is 0 Å². The van der Waals surface area contributed by atoms with Gasteiger partial charge in [0.25, 0.3) is 0 Å². The Bertz CT molecular complexity index is 671. The van der Waals surface area contributed by atoms with Crippen molar-refractivity contribution in [2.45, 2.75) is 38.6 Å². The van der Waals surface area contributed by atoms with Gasteiger partial charge in [-0.1, -0.05) is 13.8 Å². The zero-order valence-corrected chi connectivity index (χ0v) is 14.4. The summed E-state index contributed by atoms with van der Waals surface area (Å²) in [7, 11) is 3.36. The van der Waals surface area contributed by atoms with E-state index in [1.54, 1.807) is 14.2 Å². The van der Waals surface area contributed by atoms with Crippen LogP contribution in [0.15, 0.2) is 12.1 Å². The normalized spacial score (nSPS) is 34.9. The highest BCUT2D eigenvalue weighted by Crippen LogP contribution is 2.61. The van der Waals surface area contributed by atoms with E-state index in [1.165, 1.54) is 11.1 Å². The van der Waals surface area contributed by atoms with Crippen molar-refractivity contribution in [2.75, 3.05) is 20.8 Å². The number of methoxy groups -OCH3 is 2. The summed E-state index contributed by atoms with van der Waals surface area (Å²) in [6.45, 7) is 5.47. The lowest BCUT2D eigenvalue weighted by Gasteiger charge is -2.45. The molecular formula is C19H25NO3. The maximum atomic E-state index is 12.6. The Morgan fingerprint density at radius 2 is 1.87 bits per heavy atom. The summed E-state index contributed by atoms with van der Waals surface area (Å²) in [5.74, 6) is 3.51. The minimum atomic E-state index is -0.122. The highest BCUT2D eigenvalue weighted by molar-refractivity contribution is 5.82. The van der Waals surface area contributed by atoms with Crippen LogP contribution in [0.2, 0.25) is 0 Å². The van der Waals surface area contributed by atoms with E-state index in [2.05, 4.69) is 30.9 Å². The number of rotatable bonds is 2. The Labute approximate surface area is 137 Å². The largest absolute Gasteiger partial charge is 0.493 e. The molecule has 1 aliphatic carbocycles. The van der Waals surface area contributed by atoms with Crippen LogP contribution in [0.1, 0.15) is 37.8 Å². The number of ether oxygens (including phenoxy) is 2. The van der Waals surface area contributed by atoms with E-state index in [9.17, 15) is 4.79 Å². The van der Waals surface area contributed by atoms with Gasteiger partial charge in [-0.2, -0.15) is 0 Å². The van der Waals surface area contributed by atoms with Crippen LogP contribution < -0.4 is 9.47 Å². The molecule has 4 heteroatoms. The summed E-state index contributed by atoms with van der Waals surface area (Å²) in [5.41, 5.74) is 2.50. The Balaban J connectivity index is 1.93. The molecule has 0 bridgehead atoms. The molecule has 1 amide bonds. The second-order valence-electron chi connectivity index (χ2n) is 7.44. The summed E-state index contributed by atoms with van der Waals surface area (Å²) in [6.07, 6.45) is 2.66. The Morgan fingerprint density at radius 3 is 2.57 bits per heavy atom. The first-order valence-corrected chi connectivity index (χ1v) is 8.58. The Kier molecular flexibility index (Phi) is 3.16. The lowest BCUT2D eigenvalue weighted by atomic mass is 9.74. The van der Waals surface area contributed by atoms with Gasteiger partial charge in [0.15, 0.2) is 11.5 Å². The van der Waals surface area contributed by atoms with Crippen molar-refractivity contribution < 1.29 is 14.3 Å². The molecule has 23 heavy (non-hydrogen) atoms. The summed E-state index contributed by atoms with van der Waals surface area (Å²) in [5, 5.41) is 0. The fourth-order valence-electron chi connectivity index (χ4n) is 5.39. The maximum absolute atomic E-state index is 12.6. The minimum Gasteiger partial charge on any atom is -0.493 e. The molecule has 0 radical (unpaired) electrons. The van der Waals surface area contributed by atoms with E-state index < -0.39 is 0 Å². The number of benzene rings is 1. The van der Waals surface area contributed by atoms with Crippen LogP contribution in [-0.2, 0) is 16.8 Å². The van der Waals surface area contributed by atoms with Crippen LogP contribution in [-0.4, -0.2) is 31.6 Å². The predicted molar refractivity (Wildman–Crippen MR) is 87.7 cm³/mol. The SMILES string of the molecule is COc1cc2c(cc1OC)C13CC(C)C(C)C1CC(=O)N3CC2. The molecular weight excluding hydrogens is 290 g/mol. The predicted octanol–water partition coefficient (Wildman–Crippen LogP) is 2.98. The summed E-state index contributed by atoms with van der Waals surface area (Å²) in [6, 6.07) is 4.25. The van der Waals surface area contributed by atoms with Gasteiger partial charge in [-0.3, -0.25) is 4.79 Å². The smallest absolute Gasteiger partial charge is 0.223 e.